The quantitative estimate of drug-likeness (QED) is 0.760. The molecule has 0 saturated heterocycles. The molecule has 2 bridgehead atoms. The Morgan fingerprint density at radius 3 is 2.57 bits per heavy atom. The molecule has 3 aliphatic rings. The number of methoxy groups -OCH3 is 2. The molecule has 1 unspecified atom stereocenters. The third-order valence-corrected chi connectivity index (χ3v) is 6.83. The summed E-state index contributed by atoms with van der Waals surface area (Å²) in [5, 5.41) is 10.9. The molecule has 0 radical (unpaired) electrons. The maximum absolute atomic E-state index is 12.3. The number of carboxylic acid groups (broad SMARTS) is 1. The highest BCUT2D eigenvalue weighted by Gasteiger charge is 2.53. The summed E-state index contributed by atoms with van der Waals surface area (Å²) in [6.07, 6.45) is 4.10. The highest BCUT2D eigenvalue weighted by Crippen LogP contribution is 2.58. The van der Waals surface area contributed by atoms with Gasteiger partial charge in [-0.25, -0.2) is 4.79 Å². The first-order chi connectivity index (χ1) is 13.4. The second kappa shape index (κ2) is 6.92. The topological polar surface area (TPSA) is 85.7 Å². The molecule has 28 heavy (non-hydrogen) atoms. The Morgan fingerprint density at radius 2 is 1.96 bits per heavy atom. The molecular weight excluding hydrogens is 382 g/mol. The molecule has 0 amide bonds. The van der Waals surface area contributed by atoms with Crippen LogP contribution in [0.3, 0.4) is 0 Å². The number of hydrogen-bond acceptors (Lipinski definition) is 5. The summed E-state index contributed by atoms with van der Waals surface area (Å²) in [5.41, 5.74) is 0.686. The van der Waals surface area contributed by atoms with Crippen molar-refractivity contribution in [1.29, 1.82) is 0 Å². The van der Waals surface area contributed by atoms with E-state index < -0.39 is 17.4 Å². The zero-order valence-corrected chi connectivity index (χ0v) is 16.6. The van der Waals surface area contributed by atoms with E-state index in [1.807, 2.05) is 6.07 Å². The number of carbonyl (C=O) groups excluding carboxylic acids is 1. The van der Waals surface area contributed by atoms with Gasteiger partial charge < -0.3 is 14.6 Å². The Kier molecular flexibility index (Phi) is 4.70. The number of ether oxygens (including phenoxy) is 2. The molecule has 3 saturated carbocycles. The van der Waals surface area contributed by atoms with E-state index in [0.717, 1.165) is 25.0 Å². The normalized spacial score (nSPS) is 26.2. The first-order valence-corrected chi connectivity index (χ1v) is 9.78. The van der Waals surface area contributed by atoms with E-state index in [4.69, 9.17) is 26.1 Å². The van der Waals surface area contributed by atoms with E-state index in [1.165, 1.54) is 14.2 Å². The van der Waals surface area contributed by atoms with Crippen LogP contribution in [0.2, 0.25) is 5.02 Å². The van der Waals surface area contributed by atoms with E-state index >= 15 is 0 Å². The molecule has 7 heteroatoms. The van der Waals surface area contributed by atoms with Gasteiger partial charge in [-0.3, -0.25) is 9.78 Å². The van der Waals surface area contributed by atoms with Crippen molar-refractivity contribution in [3.05, 3.63) is 34.5 Å². The smallest absolute Gasteiger partial charge is 0.342 e. The molecule has 1 N–H and O–H groups in total. The van der Waals surface area contributed by atoms with Crippen molar-refractivity contribution in [3.8, 4) is 5.75 Å². The summed E-state index contributed by atoms with van der Waals surface area (Å²) in [4.78, 5) is 29.2. The molecular formula is C21H22ClNO5. The SMILES string of the molecule is COC(=O)c1c(OC)cc(Cl)c2nc(C3CC4CCC3(C(=O)O)CC4)ccc12. The lowest BCUT2D eigenvalue weighted by atomic mass is 9.54. The van der Waals surface area contributed by atoms with Crippen LogP contribution in [-0.2, 0) is 9.53 Å². The van der Waals surface area contributed by atoms with Crippen molar-refractivity contribution in [2.45, 2.75) is 38.0 Å². The molecule has 0 spiro atoms. The van der Waals surface area contributed by atoms with Crippen LogP contribution in [0.15, 0.2) is 18.2 Å². The summed E-state index contributed by atoms with van der Waals surface area (Å²) in [6.45, 7) is 0. The molecule has 148 valence electrons. The van der Waals surface area contributed by atoms with Gasteiger partial charge in [0.15, 0.2) is 0 Å². The zero-order chi connectivity index (χ0) is 20.1. The lowest BCUT2D eigenvalue weighted by molar-refractivity contribution is -0.157. The average Bonchev–Trinajstić information content (AvgIpc) is 2.73. The Balaban J connectivity index is 1.88. The lowest BCUT2D eigenvalue weighted by Crippen LogP contribution is -2.46. The van der Waals surface area contributed by atoms with Gasteiger partial charge in [0.25, 0.3) is 0 Å². The van der Waals surface area contributed by atoms with Gasteiger partial charge in [-0.05, 0) is 50.2 Å². The Morgan fingerprint density at radius 1 is 1.25 bits per heavy atom. The monoisotopic (exact) mass is 403 g/mol. The molecule has 5 rings (SSSR count). The maximum Gasteiger partial charge on any atom is 0.342 e. The predicted octanol–water partition coefficient (Wildman–Crippen LogP) is 4.43. The Labute approximate surface area is 167 Å². The lowest BCUT2D eigenvalue weighted by Gasteiger charge is -2.49. The first-order valence-electron chi connectivity index (χ1n) is 9.40. The van der Waals surface area contributed by atoms with Crippen molar-refractivity contribution in [3.63, 3.8) is 0 Å². The predicted molar refractivity (Wildman–Crippen MR) is 104 cm³/mol. The number of rotatable bonds is 4. The molecule has 1 aromatic carbocycles. The summed E-state index contributed by atoms with van der Waals surface area (Å²) >= 11 is 6.44. The number of hydrogen-bond donors (Lipinski definition) is 1. The number of halogens is 1. The Bertz CT molecular complexity index is 965. The minimum atomic E-state index is -0.764. The minimum Gasteiger partial charge on any atom is -0.496 e. The maximum atomic E-state index is 12.3. The molecule has 3 fully saturated rings. The summed E-state index contributed by atoms with van der Waals surface area (Å²) in [6, 6.07) is 5.14. The fourth-order valence-electron chi connectivity index (χ4n) is 5.02. The molecule has 0 aliphatic heterocycles. The van der Waals surface area contributed by atoms with Crippen LogP contribution in [0.4, 0.5) is 0 Å². The first kappa shape index (κ1) is 19.0. The number of carbonyl (C=O) groups is 2. The van der Waals surface area contributed by atoms with Crippen LogP contribution in [0.25, 0.3) is 10.9 Å². The number of fused-ring (bicyclic) bond motifs is 4. The van der Waals surface area contributed by atoms with E-state index in [0.29, 0.717) is 40.4 Å². The molecule has 3 aliphatic carbocycles. The third-order valence-electron chi connectivity index (χ3n) is 6.54. The number of benzene rings is 1. The van der Waals surface area contributed by atoms with Crippen molar-refractivity contribution in [1.82, 2.24) is 4.98 Å². The van der Waals surface area contributed by atoms with Crippen molar-refractivity contribution < 1.29 is 24.2 Å². The van der Waals surface area contributed by atoms with Crippen LogP contribution >= 0.6 is 11.6 Å². The molecule has 1 aromatic heterocycles. The van der Waals surface area contributed by atoms with Gasteiger partial charge in [-0.2, -0.15) is 0 Å². The van der Waals surface area contributed by atoms with E-state index in [1.54, 1.807) is 12.1 Å². The van der Waals surface area contributed by atoms with Crippen molar-refractivity contribution in [2.24, 2.45) is 11.3 Å². The molecule has 1 atom stereocenters. The third kappa shape index (κ3) is 2.73. The molecule has 2 aromatic rings. The largest absolute Gasteiger partial charge is 0.496 e. The standard InChI is InChI=1S/C21H22ClNO5/c1-27-16-10-14(22)18-12(17(16)19(24)28-2)3-4-15(23-18)13-9-11-5-7-21(13,8-6-11)20(25)26/h3-4,10-11,13H,5-9H2,1-2H3,(H,25,26). The van der Waals surface area contributed by atoms with E-state index in [2.05, 4.69) is 0 Å². The number of carboxylic acids is 1. The summed E-state index contributed by atoms with van der Waals surface area (Å²) in [7, 11) is 2.76. The Hall–Kier alpha value is -2.34. The number of pyridine rings is 1. The van der Waals surface area contributed by atoms with Gasteiger partial charge in [-0.15, -0.1) is 0 Å². The highest BCUT2D eigenvalue weighted by molar-refractivity contribution is 6.36. The fourth-order valence-corrected chi connectivity index (χ4v) is 5.26. The van der Waals surface area contributed by atoms with Crippen molar-refractivity contribution >= 4 is 34.4 Å². The van der Waals surface area contributed by atoms with Crippen LogP contribution in [0.1, 0.15) is 54.1 Å². The fraction of sp³-hybridized carbons (Fsp3) is 0.476. The average molecular weight is 404 g/mol. The molecule has 1 heterocycles. The number of aromatic nitrogens is 1. The number of nitrogens with zero attached hydrogens (tertiary/aromatic N) is 1. The van der Waals surface area contributed by atoms with E-state index in [9.17, 15) is 14.7 Å². The minimum absolute atomic E-state index is 0.151. The molecule has 6 nitrogen and oxygen atoms in total. The second-order valence-corrected chi connectivity index (χ2v) is 8.16. The van der Waals surface area contributed by atoms with Gasteiger partial charge >= 0.3 is 11.9 Å². The zero-order valence-electron chi connectivity index (χ0n) is 15.8. The highest BCUT2D eigenvalue weighted by atomic mass is 35.5. The van der Waals surface area contributed by atoms with Gasteiger partial charge in [-0.1, -0.05) is 11.6 Å². The van der Waals surface area contributed by atoms with Crippen LogP contribution < -0.4 is 4.74 Å². The second-order valence-electron chi connectivity index (χ2n) is 7.75. The van der Waals surface area contributed by atoms with Crippen LogP contribution in [0.5, 0.6) is 5.75 Å². The number of aliphatic carboxylic acids is 1. The van der Waals surface area contributed by atoms with E-state index in [-0.39, 0.29) is 11.5 Å². The van der Waals surface area contributed by atoms with Gasteiger partial charge in [0, 0.05) is 23.1 Å². The van der Waals surface area contributed by atoms with Crippen LogP contribution in [0, 0.1) is 11.3 Å². The van der Waals surface area contributed by atoms with Gasteiger partial charge in [0.05, 0.1) is 30.2 Å². The van der Waals surface area contributed by atoms with Crippen molar-refractivity contribution in [2.75, 3.05) is 14.2 Å². The number of esters is 1. The summed E-state index contributed by atoms with van der Waals surface area (Å²) in [5.74, 6) is -0.569. The summed E-state index contributed by atoms with van der Waals surface area (Å²) < 4.78 is 10.2. The van der Waals surface area contributed by atoms with Gasteiger partial charge in [0.1, 0.15) is 11.3 Å². The van der Waals surface area contributed by atoms with Crippen LogP contribution in [-0.4, -0.2) is 36.2 Å². The van der Waals surface area contributed by atoms with Gasteiger partial charge in [0.2, 0.25) is 0 Å².